The van der Waals surface area contributed by atoms with Crippen molar-refractivity contribution in [2.24, 2.45) is 5.73 Å². The van der Waals surface area contributed by atoms with Crippen LogP contribution in [0.5, 0.6) is 5.75 Å². The molecule has 0 bridgehead atoms. The summed E-state index contributed by atoms with van der Waals surface area (Å²) in [4.78, 5) is 0. The molecule has 0 aliphatic rings. The van der Waals surface area contributed by atoms with Crippen LogP contribution < -0.4 is 10.5 Å². The molecule has 0 radical (unpaired) electrons. The lowest BCUT2D eigenvalue weighted by atomic mass is 9.99. The van der Waals surface area contributed by atoms with Gasteiger partial charge in [0.05, 0.1) is 7.11 Å². The number of rotatable bonds is 3. The number of methoxy groups -OCH3 is 1. The Morgan fingerprint density at radius 1 is 1.12 bits per heavy atom. The van der Waals surface area contributed by atoms with Crippen LogP contribution in [-0.2, 0) is 6.54 Å². The summed E-state index contributed by atoms with van der Waals surface area (Å²) in [6.07, 6.45) is 0. The average molecular weight is 248 g/mol. The topological polar surface area (TPSA) is 35.2 Å². The molecule has 0 unspecified atom stereocenters. The van der Waals surface area contributed by atoms with Crippen molar-refractivity contribution < 1.29 is 4.74 Å². The van der Waals surface area contributed by atoms with Crippen molar-refractivity contribution in [3.05, 3.63) is 53.1 Å². The van der Waals surface area contributed by atoms with Gasteiger partial charge in [-0.25, -0.2) is 0 Å². The first kappa shape index (κ1) is 12.0. The number of nitrogens with two attached hydrogens (primary N) is 1. The van der Waals surface area contributed by atoms with Crippen molar-refractivity contribution in [2.75, 3.05) is 7.11 Å². The van der Waals surface area contributed by atoms with Crippen LogP contribution in [0, 0.1) is 0 Å². The molecule has 0 saturated carbocycles. The summed E-state index contributed by atoms with van der Waals surface area (Å²) in [6, 6.07) is 13.6. The molecule has 0 aliphatic heterocycles. The molecule has 88 valence electrons. The Kier molecular flexibility index (Phi) is 3.67. The molecule has 2 N–H and O–H groups in total. The Hall–Kier alpha value is -1.51. The van der Waals surface area contributed by atoms with Crippen molar-refractivity contribution in [2.45, 2.75) is 6.54 Å². The number of benzene rings is 2. The molecule has 0 fully saturated rings. The van der Waals surface area contributed by atoms with Gasteiger partial charge in [0.25, 0.3) is 0 Å². The summed E-state index contributed by atoms with van der Waals surface area (Å²) in [6.45, 7) is 0.492. The standard InChI is InChI=1S/C14H14ClNO/c1-17-14-7-6-11(15)8-13(14)12-5-3-2-4-10(12)9-16/h2-8H,9,16H2,1H3. The summed E-state index contributed by atoms with van der Waals surface area (Å²) < 4.78 is 5.35. The molecule has 0 spiro atoms. The Balaban J connectivity index is 2.62. The van der Waals surface area contributed by atoms with Crippen LogP contribution in [0.15, 0.2) is 42.5 Å². The van der Waals surface area contributed by atoms with E-state index in [2.05, 4.69) is 0 Å². The summed E-state index contributed by atoms with van der Waals surface area (Å²) >= 11 is 6.03. The SMILES string of the molecule is COc1ccc(Cl)cc1-c1ccccc1CN. The highest BCUT2D eigenvalue weighted by Crippen LogP contribution is 2.34. The van der Waals surface area contributed by atoms with Gasteiger partial charge < -0.3 is 10.5 Å². The van der Waals surface area contributed by atoms with Crippen LogP contribution in [-0.4, -0.2) is 7.11 Å². The van der Waals surface area contributed by atoms with Crippen molar-refractivity contribution >= 4 is 11.6 Å². The van der Waals surface area contributed by atoms with Gasteiger partial charge in [-0.1, -0.05) is 35.9 Å². The second-order valence-electron chi connectivity index (χ2n) is 3.71. The minimum Gasteiger partial charge on any atom is -0.496 e. The maximum absolute atomic E-state index is 6.03. The third-order valence-electron chi connectivity index (χ3n) is 2.69. The monoisotopic (exact) mass is 247 g/mol. The van der Waals surface area contributed by atoms with Crippen molar-refractivity contribution in [3.8, 4) is 16.9 Å². The molecule has 0 aromatic heterocycles. The van der Waals surface area contributed by atoms with E-state index >= 15 is 0 Å². The number of hydrogen-bond acceptors (Lipinski definition) is 2. The summed E-state index contributed by atoms with van der Waals surface area (Å²) in [5.74, 6) is 0.801. The van der Waals surface area contributed by atoms with E-state index in [9.17, 15) is 0 Å². The first-order valence-corrected chi connectivity index (χ1v) is 5.76. The van der Waals surface area contributed by atoms with Gasteiger partial charge in [-0.05, 0) is 29.3 Å². The lowest BCUT2D eigenvalue weighted by Gasteiger charge is -2.12. The molecule has 0 heterocycles. The minimum atomic E-state index is 0.492. The zero-order chi connectivity index (χ0) is 12.3. The predicted octanol–water partition coefficient (Wildman–Crippen LogP) is 3.47. The molecule has 0 atom stereocenters. The molecule has 2 rings (SSSR count). The Bertz CT molecular complexity index is 525. The van der Waals surface area contributed by atoms with E-state index in [0.29, 0.717) is 11.6 Å². The normalized spacial score (nSPS) is 10.3. The predicted molar refractivity (Wildman–Crippen MR) is 71.3 cm³/mol. The van der Waals surface area contributed by atoms with Gasteiger partial charge in [-0.2, -0.15) is 0 Å². The number of ether oxygens (including phenoxy) is 1. The molecule has 0 amide bonds. The molecule has 3 heteroatoms. The van der Waals surface area contributed by atoms with E-state index in [0.717, 1.165) is 22.4 Å². The second-order valence-corrected chi connectivity index (χ2v) is 4.14. The van der Waals surface area contributed by atoms with Crippen molar-refractivity contribution in [3.63, 3.8) is 0 Å². The van der Waals surface area contributed by atoms with E-state index in [1.54, 1.807) is 7.11 Å². The fraction of sp³-hybridized carbons (Fsp3) is 0.143. The highest BCUT2D eigenvalue weighted by molar-refractivity contribution is 6.31. The Morgan fingerprint density at radius 3 is 2.59 bits per heavy atom. The van der Waals surface area contributed by atoms with Gasteiger partial charge in [0.15, 0.2) is 0 Å². The lowest BCUT2D eigenvalue weighted by molar-refractivity contribution is 0.416. The van der Waals surface area contributed by atoms with E-state index in [-0.39, 0.29) is 0 Å². The average Bonchev–Trinajstić information content (AvgIpc) is 2.38. The molecule has 2 aromatic carbocycles. The first-order valence-electron chi connectivity index (χ1n) is 5.38. The lowest BCUT2D eigenvalue weighted by Crippen LogP contribution is -1.99. The van der Waals surface area contributed by atoms with Gasteiger partial charge in [-0.3, -0.25) is 0 Å². The van der Waals surface area contributed by atoms with E-state index < -0.39 is 0 Å². The smallest absolute Gasteiger partial charge is 0.126 e. The van der Waals surface area contributed by atoms with Crippen LogP contribution in [0.4, 0.5) is 0 Å². The second kappa shape index (κ2) is 5.21. The third kappa shape index (κ3) is 2.43. The van der Waals surface area contributed by atoms with Gasteiger partial charge in [-0.15, -0.1) is 0 Å². The maximum atomic E-state index is 6.03. The maximum Gasteiger partial charge on any atom is 0.126 e. The van der Waals surface area contributed by atoms with Crippen LogP contribution >= 0.6 is 11.6 Å². The molecular formula is C14H14ClNO. The molecule has 0 saturated heterocycles. The molecule has 2 nitrogen and oxygen atoms in total. The fourth-order valence-corrected chi connectivity index (χ4v) is 2.02. The van der Waals surface area contributed by atoms with Crippen LogP contribution in [0.2, 0.25) is 5.02 Å². The molecule has 17 heavy (non-hydrogen) atoms. The van der Waals surface area contributed by atoms with Crippen molar-refractivity contribution in [1.29, 1.82) is 0 Å². The Morgan fingerprint density at radius 2 is 1.88 bits per heavy atom. The van der Waals surface area contributed by atoms with Crippen LogP contribution in [0.3, 0.4) is 0 Å². The van der Waals surface area contributed by atoms with E-state index in [4.69, 9.17) is 22.1 Å². The number of hydrogen-bond donors (Lipinski definition) is 1. The highest BCUT2D eigenvalue weighted by atomic mass is 35.5. The largest absolute Gasteiger partial charge is 0.496 e. The van der Waals surface area contributed by atoms with E-state index in [1.165, 1.54) is 0 Å². The minimum absolute atomic E-state index is 0.492. The van der Waals surface area contributed by atoms with Crippen LogP contribution in [0.25, 0.3) is 11.1 Å². The van der Waals surface area contributed by atoms with Gasteiger partial charge in [0.2, 0.25) is 0 Å². The highest BCUT2D eigenvalue weighted by Gasteiger charge is 2.09. The van der Waals surface area contributed by atoms with Crippen molar-refractivity contribution in [1.82, 2.24) is 0 Å². The zero-order valence-electron chi connectivity index (χ0n) is 9.61. The summed E-state index contributed by atoms with van der Waals surface area (Å²) in [5, 5.41) is 0.688. The summed E-state index contributed by atoms with van der Waals surface area (Å²) in [5.41, 5.74) is 8.86. The first-order chi connectivity index (χ1) is 8.26. The van der Waals surface area contributed by atoms with Gasteiger partial charge in [0.1, 0.15) is 5.75 Å². The summed E-state index contributed by atoms with van der Waals surface area (Å²) in [7, 11) is 1.65. The molecule has 0 aliphatic carbocycles. The molecule has 2 aromatic rings. The quantitative estimate of drug-likeness (QED) is 0.901. The Labute approximate surface area is 106 Å². The van der Waals surface area contributed by atoms with Gasteiger partial charge in [0, 0.05) is 17.1 Å². The molecular weight excluding hydrogens is 234 g/mol. The van der Waals surface area contributed by atoms with Gasteiger partial charge >= 0.3 is 0 Å². The number of halogens is 1. The van der Waals surface area contributed by atoms with Crippen LogP contribution in [0.1, 0.15) is 5.56 Å². The third-order valence-corrected chi connectivity index (χ3v) is 2.92. The van der Waals surface area contributed by atoms with E-state index in [1.807, 2.05) is 42.5 Å². The fourth-order valence-electron chi connectivity index (χ4n) is 1.85. The zero-order valence-corrected chi connectivity index (χ0v) is 10.4.